The maximum atomic E-state index is 13.8. The molecule has 27 heavy (non-hydrogen) atoms. The number of hydrogen-bond donors (Lipinski definition) is 1. The molecular formula is C21H24FN3O2. The molecule has 0 atom stereocenters. The smallest absolute Gasteiger partial charge is 0.258 e. The summed E-state index contributed by atoms with van der Waals surface area (Å²) in [5.74, 6) is -1.16. The second kappa shape index (κ2) is 8.31. The van der Waals surface area contributed by atoms with Crippen molar-refractivity contribution in [3.05, 3.63) is 65.0 Å². The predicted octanol–water partition coefficient (Wildman–Crippen LogP) is 3.16. The molecular weight excluding hydrogens is 345 g/mol. The number of nitrogens with zero attached hydrogens (tertiary/aromatic N) is 2. The summed E-state index contributed by atoms with van der Waals surface area (Å²) in [5, 5.41) is 2.73. The zero-order valence-electron chi connectivity index (χ0n) is 15.7. The molecule has 1 N–H and O–H groups in total. The number of hydrogen-bond acceptors (Lipinski definition) is 3. The summed E-state index contributed by atoms with van der Waals surface area (Å²) in [5.41, 5.74) is 1.83. The topological polar surface area (TPSA) is 52.7 Å². The highest BCUT2D eigenvalue weighted by atomic mass is 19.1. The van der Waals surface area contributed by atoms with Crippen LogP contribution in [-0.4, -0.2) is 54.8 Å². The van der Waals surface area contributed by atoms with Gasteiger partial charge in [0.2, 0.25) is 0 Å². The van der Waals surface area contributed by atoms with E-state index in [-0.39, 0.29) is 11.5 Å². The lowest BCUT2D eigenvalue weighted by atomic mass is 10.1. The zero-order valence-corrected chi connectivity index (χ0v) is 15.7. The van der Waals surface area contributed by atoms with Gasteiger partial charge in [0.25, 0.3) is 11.8 Å². The molecule has 1 aliphatic heterocycles. The van der Waals surface area contributed by atoms with Gasteiger partial charge in [-0.05, 0) is 56.8 Å². The van der Waals surface area contributed by atoms with Crippen LogP contribution >= 0.6 is 0 Å². The lowest BCUT2D eigenvalue weighted by Gasteiger charge is -2.21. The van der Waals surface area contributed by atoms with E-state index in [0.717, 1.165) is 25.1 Å². The van der Waals surface area contributed by atoms with Gasteiger partial charge in [0.05, 0.1) is 5.56 Å². The summed E-state index contributed by atoms with van der Waals surface area (Å²) in [6.45, 7) is 5.05. The van der Waals surface area contributed by atoms with E-state index < -0.39 is 11.7 Å². The Bertz CT molecular complexity index is 853. The largest absolute Gasteiger partial charge is 0.337 e. The number of likely N-dealkylation sites (N-methyl/N-ethyl adjacent to an activating group) is 1. The van der Waals surface area contributed by atoms with Crippen molar-refractivity contribution in [1.82, 2.24) is 9.80 Å². The quantitative estimate of drug-likeness (QED) is 0.904. The Kier molecular flexibility index (Phi) is 5.86. The lowest BCUT2D eigenvalue weighted by Crippen LogP contribution is -2.34. The van der Waals surface area contributed by atoms with Gasteiger partial charge >= 0.3 is 0 Å². The fourth-order valence-electron chi connectivity index (χ4n) is 3.16. The van der Waals surface area contributed by atoms with E-state index >= 15 is 0 Å². The molecule has 142 valence electrons. The van der Waals surface area contributed by atoms with Crippen LogP contribution in [-0.2, 0) is 0 Å². The molecule has 0 aliphatic carbocycles. The van der Waals surface area contributed by atoms with E-state index in [2.05, 4.69) is 17.3 Å². The maximum Gasteiger partial charge on any atom is 0.258 e. The number of aryl methyl sites for hydroxylation is 1. The molecule has 0 bridgehead atoms. The first kappa shape index (κ1) is 19.0. The molecule has 2 aromatic carbocycles. The van der Waals surface area contributed by atoms with Crippen LogP contribution in [0.15, 0.2) is 42.5 Å². The van der Waals surface area contributed by atoms with Crippen LogP contribution in [0.5, 0.6) is 0 Å². The first-order chi connectivity index (χ1) is 13.0. The third-order valence-electron chi connectivity index (χ3n) is 4.86. The number of halogens is 1. The summed E-state index contributed by atoms with van der Waals surface area (Å²) in [7, 11) is 2.05. The van der Waals surface area contributed by atoms with Crippen molar-refractivity contribution in [3.63, 3.8) is 0 Å². The molecule has 0 saturated carbocycles. The van der Waals surface area contributed by atoms with Crippen LogP contribution in [0.3, 0.4) is 0 Å². The molecule has 1 saturated heterocycles. The number of anilines is 1. The van der Waals surface area contributed by atoms with Crippen molar-refractivity contribution in [2.75, 3.05) is 38.5 Å². The molecule has 2 amide bonds. The van der Waals surface area contributed by atoms with Crippen molar-refractivity contribution in [2.24, 2.45) is 0 Å². The van der Waals surface area contributed by atoms with Crippen molar-refractivity contribution in [3.8, 4) is 0 Å². The van der Waals surface area contributed by atoms with Crippen LogP contribution in [0.4, 0.5) is 10.1 Å². The highest BCUT2D eigenvalue weighted by Crippen LogP contribution is 2.20. The Morgan fingerprint density at radius 1 is 1.04 bits per heavy atom. The molecule has 0 spiro atoms. The number of amides is 2. The first-order valence-electron chi connectivity index (χ1n) is 9.10. The van der Waals surface area contributed by atoms with Gasteiger partial charge in [-0.1, -0.05) is 18.2 Å². The van der Waals surface area contributed by atoms with Crippen molar-refractivity contribution in [1.29, 1.82) is 0 Å². The third-order valence-corrected chi connectivity index (χ3v) is 4.86. The number of nitrogens with one attached hydrogen (secondary N) is 1. The third kappa shape index (κ3) is 4.52. The van der Waals surface area contributed by atoms with Gasteiger partial charge in [-0.15, -0.1) is 0 Å². The SMILES string of the molecule is Cc1ccc(C(=O)N2CCCN(C)CC2)cc1NC(=O)c1ccccc1F. The van der Waals surface area contributed by atoms with Gasteiger partial charge in [0, 0.05) is 30.9 Å². The lowest BCUT2D eigenvalue weighted by molar-refractivity contribution is 0.0762. The molecule has 1 aliphatic rings. The van der Waals surface area contributed by atoms with Crippen molar-refractivity contribution in [2.45, 2.75) is 13.3 Å². The Hall–Kier alpha value is -2.73. The molecule has 6 heteroatoms. The minimum absolute atomic E-state index is 0.0239. The standard InChI is InChI=1S/C21H24FN3O2/c1-15-8-9-16(21(27)25-11-5-10-24(2)12-13-25)14-19(15)23-20(26)17-6-3-4-7-18(17)22/h3-4,6-9,14H,5,10-13H2,1-2H3,(H,23,26). The summed E-state index contributed by atoms with van der Waals surface area (Å²) >= 11 is 0. The van der Waals surface area contributed by atoms with Crippen molar-refractivity contribution >= 4 is 17.5 Å². The molecule has 0 unspecified atom stereocenters. The fourth-order valence-corrected chi connectivity index (χ4v) is 3.16. The number of carbonyl (C=O) groups excluding carboxylic acids is 2. The van der Waals surface area contributed by atoms with Crippen LogP contribution in [0.1, 0.15) is 32.7 Å². The normalized spacial score (nSPS) is 15.3. The van der Waals surface area contributed by atoms with E-state index in [0.29, 0.717) is 24.3 Å². The average molecular weight is 369 g/mol. The Morgan fingerprint density at radius 3 is 2.59 bits per heavy atom. The fraction of sp³-hybridized carbons (Fsp3) is 0.333. The number of benzene rings is 2. The van der Waals surface area contributed by atoms with E-state index in [1.165, 1.54) is 18.2 Å². The highest BCUT2D eigenvalue weighted by Gasteiger charge is 2.20. The van der Waals surface area contributed by atoms with E-state index in [1.54, 1.807) is 24.3 Å². The van der Waals surface area contributed by atoms with E-state index in [9.17, 15) is 14.0 Å². The minimum Gasteiger partial charge on any atom is -0.337 e. The van der Waals surface area contributed by atoms with Crippen LogP contribution < -0.4 is 5.32 Å². The minimum atomic E-state index is -0.575. The molecule has 0 radical (unpaired) electrons. The number of rotatable bonds is 3. The van der Waals surface area contributed by atoms with Gasteiger partial charge in [-0.2, -0.15) is 0 Å². The van der Waals surface area contributed by atoms with Gasteiger partial charge in [-0.3, -0.25) is 9.59 Å². The Labute approximate surface area is 158 Å². The predicted molar refractivity (Wildman–Crippen MR) is 104 cm³/mol. The van der Waals surface area contributed by atoms with Crippen LogP contribution in [0.25, 0.3) is 0 Å². The van der Waals surface area contributed by atoms with E-state index in [4.69, 9.17) is 0 Å². The summed E-state index contributed by atoms with van der Waals surface area (Å²) in [4.78, 5) is 29.3. The van der Waals surface area contributed by atoms with Gasteiger partial charge in [0.1, 0.15) is 5.82 Å². The Balaban J connectivity index is 1.79. The van der Waals surface area contributed by atoms with Crippen LogP contribution in [0.2, 0.25) is 0 Å². The summed E-state index contributed by atoms with van der Waals surface area (Å²) < 4.78 is 13.8. The van der Waals surface area contributed by atoms with Gasteiger partial charge in [0.15, 0.2) is 0 Å². The highest BCUT2D eigenvalue weighted by molar-refractivity contribution is 6.05. The second-order valence-electron chi connectivity index (χ2n) is 6.91. The maximum absolute atomic E-state index is 13.8. The van der Waals surface area contributed by atoms with Crippen LogP contribution in [0, 0.1) is 12.7 Å². The molecule has 2 aromatic rings. The Morgan fingerprint density at radius 2 is 1.81 bits per heavy atom. The molecule has 3 rings (SSSR count). The summed E-state index contributed by atoms with van der Waals surface area (Å²) in [6, 6.07) is 11.1. The average Bonchev–Trinajstić information content (AvgIpc) is 2.87. The zero-order chi connectivity index (χ0) is 19.4. The van der Waals surface area contributed by atoms with Crippen molar-refractivity contribution < 1.29 is 14.0 Å². The molecule has 1 fully saturated rings. The number of carbonyl (C=O) groups is 2. The molecule has 5 nitrogen and oxygen atoms in total. The van der Waals surface area contributed by atoms with E-state index in [1.807, 2.05) is 11.8 Å². The summed E-state index contributed by atoms with van der Waals surface area (Å²) in [6.07, 6.45) is 0.935. The first-order valence-corrected chi connectivity index (χ1v) is 9.10. The van der Waals surface area contributed by atoms with Gasteiger partial charge in [-0.25, -0.2) is 4.39 Å². The monoisotopic (exact) mass is 369 g/mol. The second-order valence-corrected chi connectivity index (χ2v) is 6.91. The van der Waals surface area contributed by atoms with Gasteiger partial charge < -0.3 is 15.1 Å². The molecule has 0 aromatic heterocycles. The molecule has 1 heterocycles.